The van der Waals surface area contributed by atoms with Crippen LogP contribution < -0.4 is 5.32 Å². The minimum Gasteiger partial charge on any atom is -0.314 e. The van der Waals surface area contributed by atoms with Crippen LogP contribution in [0.1, 0.15) is 32.1 Å². The molecule has 1 radical (unpaired) electrons. The standard InChI is InChI=1S/C14H28N3/c1-2-4-10-16(9-3-1)11-5-6-12-17-13-7-15-8-14-17/h6,15H,1-5,7-14H2. The van der Waals surface area contributed by atoms with E-state index in [0.717, 1.165) is 0 Å². The Morgan fingerprint density at radius 2 is 1.53 bits per heavy atom. The van der Waals surface area contributed by atoms with Gasteiger partial charge in [0.25, 0.3) is 0 Å². The highest BCUT2D eigenvalue weighted by atomic mass is 15.2. The Balaban J connectivity index is 1.49. The molecule has 2 aliphatic heterocycles. The second kappa shape index (κ2) is 8.06. The molecule has 0 atom stereocenters. The van der Waals surface area contributed by atoms with Crippen LogP contribution in [0.3, 0.4) is 0 Å². The maximum absolute atomic E-state index is 3.40. The summed E-state index contributed by atoms with van der Waals surface area (Å²) in [5.41, 5.74) is 0. The van der Waals surface area contributed by atoms with Crippen LogP contribution in [0.2, 0.25) is 0 Å². The fourth-order valence-electron chi connectivity index (χ4n) is 2.80. The molecule has 0 aliphatic carbocycles. The number of piperazine rings is 1. The summed E-state index contributed by atoms with van der Waals surface area (Å²) in [6.45, 7) is 9.92. The van der Waals surface area contributed by atoms with Gasteiger partial charge in [0, 0.05) is 32.7 Å². The molecular weight excluding hydrogens is 210 g/mol. The zero-order valence-corrected chi connectivity index (χ0v) is 11.2. The SMILES string of the molecule is [CH](CCN1CCCCCC1)CN1CCNCC1. The highest BCUT2D eigenvalue weighted by Gasteiger charge is 2.10. The molecule has 3 heteroatoms. The Hall–Kier alpha value is -0.120. The van der Waals surface area contributed by atoms with Crippen molar-refractivity contribution in [2.75, 3.05) is 52.4 Å². The Morgan fingerprint density at radius 1 is 0.824 bits per heavy atom. The highest BCUT2D eigenvalue weighted by Crippen LogP contribution is 2.10. The molecule has 0 aromatic rings. The zero-order valence-electron chi connectivity index (χ0n) is 11.2. The summed E-state index contributed by atoms with van der Waals surface area (Å²) in [6.07, 6.45) is 9.47. The van der Waals surface area contributed by atoms with E-state index in [9.17, 15) is 0 Å². The molecular formula is C14H28N3. The topological polar surface area (TPSA) is 18.5 Å². The average Bonchev–Trinajstić information content (AvgIpc) is 2.65. The summed E-state index contributed by atoms with van der Waals surface area (Å²) in [6, 6.07) is 0. The first kappa shape index (κ1) is 13.3. The van der Waals surface area contributed by atoms with E-state index in [4.69, 9.17) is 0 Å². The van der Waals surface area contributed by atoms with Crippen LogP contribution in [0.25, 0.3) is 0 Å². The van der Waals surface area contributed by atoms with Crippen molar-refractivity contribution in [3.05, 3.63) is 6.42 Å². The minimum atomic E-state index is 1.17. The van der Waals surface area contributed by atoms with E-state index in [1.54, 1.807) is 0 Å². The fourth-order valence-corrected chi connectivity index (χ4v) is 2.80. The van der Waals surface area contributed by atoms with Gasteiger partial charge in [-0.05, 0) is 45.3 Å². The van der Waals surface area contributed by atoms with Gasteiger partial charge in [0.15, 0.2) is 0 Å². The molecule has 0 aromatic carbocycles. The maximum atomic E-state index is 3.40. The van der Waals surface area contributed by atoms with Gasteiger partial charge < -0.3 is 15.1 Å². The van der Waals surface area contributed by atoms with Gasteiger partial charge in [-0.15, -0.1) is 0 Å². The predicted octanol–water partition coefficient (Wildman–Crippen LogP) is 1.36. The lowest BCUT2D eigenvalue weighted by atomic mass is 10.2. The summed E-state index contributed by atoms with van der Waals surface area (Å²) >= 11 is 0. The van der Waals surface area contributed by atoms with Crippen molar-refractivity contribution >= 4 is 0 Å². The maximum Gasteiger partial charge on any atom is 0.0107 e. The lowest BCUT2D eigenvalue weighted by molar-refractivity contribution is 0.247. The van der Waals surface area contributed by atoms with Gasteiger partial charge >= 0.3 is 0 Å². The number of hydrogen-bond donors (Lipinski definition) is 1. The zero-order chi connectivity index (χ0) is 11.8. The molecule has 3 nitrogen and oxygen atoms in total. The Bertz CT molecular complexity index is 182. The van der Waals surface area contributed by atoms with E-state index in [1.165, 1.54) is 84.5 Å². The first-order chi connectivity index (χ1) is 8.45. The van der Waals surface area contributed by atoms with Gasteiger partial charge in [-0.25, -0.2) is 0 Å². The number of unbranched alkanes of at least 4 members (excludes halogenated alkanes) is 1. The van der Waals surface area contributed by atoms with Crippen molar-refractivity contribution < 1.29 is 0 Å². The summed E-state index contributed by atoms with van der Waals surface area (Å²) in [4.78, 5) is 5.21. The smallest absolute Gasteiger partial charge is 0.0107 e. The molecule has 2 rings (SSSR count). The summed E-state index contributed by atoms with van der Waals surface area (Å²) < 4.78 is 0. The molecule has 1 N–H and O–H groups in total. The van der Waals surface area contributed by atoms with Crippen LogP contribution in [-0.4, -0.2) is 62.2 Å². The lowest BCUT2D eigenvalue weighted by Crippen LogP contribution is -2.44. The van der Waals surface area contributed by atoms with E-state index >= 15 is 0 Å². The first-order valence-corrected chi connectivity index (χ1v) is 7.42. The van der Waals surface area contributed by atoms with Crippen molar-refractivity contribution in [3.63, 3.8) is 0 Å². The van der Waals surface area contributed by atoms with Crippen molar-refractivity contribution in [1.29, 1.82) is 0 Å². The first-order valence-electron chi connectivity index (χ1n) is 7.42. The number of rotatable bonds is 5. The third-order valence-corrected chi connectivity index (χ3v) is 3.95. The molecule has 17 heavy (non-hydrogen) atoms. The van der Waals surface area contributed by atoms with Crippen LogP contribution in [0.5, 0.6) is 0 Å². The molecule has 0 amide bonds. The lowest BCUT2D eigenvalue weighted by Gasteiger charge is -2.27. The summed E-state index contributed by atoms with van der Waals surface area (Å²) in [5.74, 6) is 0. The normalized spacial score (nSPS) is 24.7. The second-order valence-corrected chi connectivity index (χ2v) is 5.38. The molecule has 0 unspecified atom stereocenters. The van der Waals surface area contributed by atoms with Crippen LogP contribution in [0.4, 0.5) is 0 Å². The van der Waals surface area contributed by atoms with E-state index in [2.05, 4.69) is 21.5 Å². The van der Waals surface area contributed by atoms with Crippen molar-refractivity contribution in [1.82, 2.24) is 15.1 Å². The molecule has 0 saturated carbocycles. The predicted molar refractivity (Wildman–Crippen MR) is 73.1 cm³/mol. The van der Waals surface area contributed by atoms with Crippen molar-refractivity contribution in [2.45, 2.75) is 32.1 Å². The molecule has 0 aromatic heterocycles. The van der Waals surface area contributed by atoms with E-state index in [-0.39, 0.29) is 0 Å². The number of nitrogens with one attached hydrogen (secondary N) is 1. The van der Waals surface area contributed by atoms with Gasteiger partial charge in [-0.2, -0.15) is 0 Å². The van der Waals surface area contributed by atoms with Crippen LogP contribution >= 0.6 is 0 Å². The van der Waals surface area contributed by atoms with E-state index < -0.39 is 0 Å². The van der Waals surface area contributed by atoms with Gasteiger partial charge in [-0.1, -0.05) is 12.8 Å². The molecule has 99 valence electrons. The Kier molecular flexibility index (Phi) is 6.32. The molecule has 2 aliphatic rings. The largest absolute Gasteiger partial charge is 0.314 e. The van der Waals surface area contributed by atoms with Gasteiger partial charge in [0.2, 0.25) is 0 Å². The van der Waals surface area contributed by atoms with Gasteiger partial charge in [0.05, 0.1) is 0 Å². The highest BCUT2D eigenvalue weighted by molar-refractivity contribution is 4.77. The molecule has 0 bridgehead atoms. The fraction of sp³-hybridized carbons (Fsp3) is 0.929. The Labute approximate surface area is 107 Å². The average molecular weight is 238 g/mol. The monoisotopic (exact) mass is 238 g/mol. The van der Waals surface area contributed by atoms with Crippen LogP contribution in [0, 0.1) is 6.42 Å². The summed E-state index contributed by atoms with van der Waals surface area (Å²) in [5, 5.41) is 3.40. The molecule has 0 spiro atoms. The number of hydrogen-bond acceptors (Lipinski definition) is 3. The van der Waals surface area contributed by atoms with E-state index in [1.807, 2.05) is 0 Å². The minimum absolute atomic E-state index is 1.17. The Morgan fingerprint density at radius 3 is 2.24 bits per heavy atom. The van der Waals surface area contributed by atoms with Gasteiger partial charge in [-0.3, -0.25) is 0 Å². The van der Waals surface area contributed by atoms with Crippen molar-refractivity contribution in [3.8, 4) is 0 Å². The van der Waals surface area contributed by atoms with Crippen molar-refractivity contribution in [2.24, 2.45) is 0 Å². The molecule has 2 heterocycles. The number of nitrogens with zero attached hydrogens (tertiary/aromatic N) is 2. The molecule has 2 saturated heterocycles. The van der Waals surface area contributed by atoms with Crippen LogP contribution in [0.15, 0.2) is 0 Å². The number of likely N-dealkylation sites (tertiary alicyclic amines) is 1. The second-order valence-electron chi connectivity index (χ2n) is 5.38. The third-order valence-electron chi connectivity index (χ3n) is 3.95. The van der Waals surface area contributed by atoms with Crippen LogP contribution in [-0.2, 0) is 0 Å². The van der Waals surface area contributed by atoms with E-state index in [0.29, 0.717) is 0 Å². The summed E-state index contributed by atoms with van der Waals surface area (Å²) in [7, 11) is 0. The van der Waals surface area contributed by atoms with Gasteiger partial charge in [0.1, 0.15) is 0 Å². The quantitative estimate of drug-likeness (QED) is 0.730. The third kappa shape index (κ3) is 5.36. The molecule has 2 fully saturated rings.